The van der Waals surface area contributed by atoms with Gasteiger partial charge in [-0.2, -0.15) is 0 Å². The van der Waals surface area contributed by atoms with Gasteiger partial charge in [-0.05, 0) is 43.9 Å². The fraction of sp³-hybridized carbons (Fsp3) is 0.353. The molecule has 1 aromatic heterocycles. The third kappa shape index (κ3) is 2.53. The van der Waals surface area contributed by atoms with Crippen LogP contribution in [0.3, 0.4) is 0 Å². The third-order valence-electron chi connectivity index (χ3n) is 4.15. The summed E-state index contributed by atoms with van der Waals surface area (Å²) in [5, 5.41) is 0. The lowest BCUT2D eigenvalue weighted by atomic mass is 10.1. The van der Waals surface area contributed by atoms with Crippen LogP contribution >= 0.6 is 0 Å². The number of hydrogen-bond acceptors (Lipinski definition) is 2. The maximum absolute atomic E-state index is 11.7. The topological polar surface area (TPSA) is 57.2 Å². The van der Waals surface area contributed by atoms with E-state index in [1.165, 1.54) is 12.8 Å². The lowest BCUT2D eigenvalue weighted by Gasteiger charge is -2.13. The van der Waals surface area contributed by atoms with Crippen molar-refractivity contribution >= 4 is 5.91 Å². The largest absolute Gasteiger partial charge is 0.496 e. The number of ether oxygens (including phenoxy) is 1. The van der Waals surface area contributed by atoms with Crippen LogP contribution in [0.1, 0.15) is 28.9 Å². The summed E-state index contributed by atoms with van der Waals surface area (Å²) in [6.07, 6.45) is 2.52. The molecular formula is C17H20N2O2. The van der Waals surface area contributed by atoms with Gasteiger partial charge in [-0.15, -0.1) is 0 Å². The monoisotopic (exact) mass is 284 g/mol. The van der Waals surface area contributed by atoms with Crippen molar-refractivity contribution in [1.29, 1.82) is 0 Å². The predicted octanol–water partition coefficient (Wildman–Crippen LogP) is 2.98. The van der Waals surface area contributed by atoms with Crippen molar-refractivity contribution < 1.29 is 9.53 Å². The van der Waals surface area contributed by atoms with E-state index in [0.717, 1.165) is 29.2 Å². The maximum Gasteiger partial charge on any atom is 0.250 e. The van der Waals surface area contributed by atoms with Crippen LogP contribution in [0.2, 0.25) is 0 Å². The third-order valence-corrected chi connectivity index (χ3v) is 4.15. The number of methoxy groups -OCH3 is 1. The van der Waals surface area contributed by atoms with Gasteiger partial charge in [0.1, 0.15) is 5.75 Å². The van der Waals surface area contributed by atoms with Crippen LogP contribution < -0.4 is 10.5 Å². The number of carbonyl (C=O) groups is 1. The highest BCUT2D eigenvalue weighted by molar-refractivity contribution is 5.96. The van der Waals surface area contributed by atoms with E-state index in [1.807, 2.05) is 37.3 Å². The smallest absolute Gasteiger partial charge is 0.250 e. The quantitative estimate of drug-likeness (QED) is 0.917. The van der Waals surface area contributed by atoms with Gasteiger partial charge in [0.25, 0.3) is 5.91 Å². The molecule has 4 heteroatoms. The Bertz CT molecular complexity index is 684. The first-order valence-corrected chi connectivity index (χ1v) is 7.25. The van der Waals surface area contributed by atoms with Crippen LogP contribution in [0.25, 0.3) is 11.3 Å². The molecule has 0 radical (unpaired) electrons. The summed E-state index contributed by atoms with van der Waals surface area (Å²) >= 11 is 0. The van der Waals surface area contributed by atoms with Gasteiger partial charge < -0.3 is 15.0 Å². The zero-order valence-corrected chi connectivity index (χ0v) is 12.4. The van der Waals surface area contributed by atoms with Crippen LogP contribution in [0.5, 0.6) is 5.75 Å². The zero-order valence-electron chi connectivity index (χ0n) is 12.4. The number of nitrogens with zero attached hydrogens (tertiary/aromatic N) is 1. The molecule has 0 unspecified atom stereocenters. The van der Waals surface area contributed by atoms with Crippen LogP contribution in [0.4, 0.5) is 0 Å². The molecule has 1 aliphatic rings. The minimum Gasteiger partial charge on any atom is -0.496 e. The van der Waals surface area contributed by atoms with Crippen molar-refractivity contribution in [2.75, 3.05) is 7.11 Å². The van der Waals surface area contributed by atoms with Crippen LogP contribution in [-0.2, 0) is 6.54 Å². The summed E-state index contributed by atoms with van der Waals surface area (Å²) in [5.74, 6) is 1.14. The Labute approximate surface area is 124 Å². The number of aromatic nitrogens is 1. The molecule has 1 saturated carbocycles. The minimum atomic E-state index is -0.377. The molecule has 0 atom stereocenters. The summed E-state index contributed by atoms with van der Waals surface area (Å²) in [4.78, 5) is 11.7. The molecule has 2 aromatic rings. The zero-order chi connectivity index (χ0) is 15.0. The normalized spacial score (nSPS) is 14.2. The Morgan fingerprint density at radius 3 is 2.71 bits per heavy atom. The fourth-order valence-electron chi connectivity index (χ4n) is 2.77. The lowest BCUT2D eigenvalue weighted by Crippen LogP contribution is -2.12. The van der Waals surface area contributed by atoms with Gasteiger partial charge in [0.05, 0.1) is 18.4 Å². The minimum absolute atomic E-state index is 0.377. The van der Waals surface area contributed by atoms with E-state index in [1.54, 1.807) is 7.11 Å². The van der Waals surface area contributed by atoms with Crippen LogP contribution in [0, 0.1) is 12.8 Å². The van der Waals surface area contributed by atoms with E-state index in [9.17, 15) is 4.79 Å². The van der Waals surface area contributed by atoms with E-state index in [-0.39, 0.29) is 5.91 Å². The molecule has 110 valence electrons. The van der Waals surface area contributed by atoms with E-state index < -0.39 is 0 Å². The lowest BCUT2D eigenvalue weighted by molar-refractivity contribution is 0.0999. The number of hydrogen-bond donors (Lipinski definition) is 1. The molecule has 3 rings (SSSR count). The molecule has 0 bridgehead atoms. The first kappa shape index (κ1) is 13.7. The molecular weight excluding hydrogens is 264 g/mol. The molecule has 1 heterocycles. The summed E-state index contributed by atoms with van der Waals surface area (Å²) < 4.78 is 7.66. The van der Waals surface area contributed by atoms with Crippen molar-refractivity contribution in [3.8, 4) is 17.0 Å². The highest BCUT2D eigenvalue weighted by Crippen LogP contribution is 2.37. The van der Waals surface area contributed by atoms with Crippen molar-refractivity contribution in [1.82, 2.24) is 4.57 Å². The average Bonchev–Trinajstić information content (AvgIpc) is 3.24. The van der Waals surface area contributed by atoms with Gasteiger partial charge in [-0.3, -0.25) is 4.79 Å². The Morgan fingerprint density at radius 2 is 2.10 bits per heavy atom. The fourth-order valence-corrected chi connectivity index (χ4v) is 2.77. The number of primary amides is 1. The van der Waals surface area contributed by atoms with E-state index in [0.29, 0.717) is 11.5 Å². The second-order valence-electron chi connectivity index (χ2n) is 5.65. The molecule has 0 aliphatic heterocycles. The molecule has 1 fully saturated rings. The van der Waals surface area contributed by atoms with Crippen LogP contribution in [0.15, 0.2) is 30.3 Å². The summed E-state index contributed by atoms with van der Waals surface area (Å²) in [6.45, 7) is 2.90. The van der Waals surface area contributed by atoms with Gasteiger partial charge >= 0.3 is 0 Å². The molecule has 0 saturated heterocycles. The number of nitrogens with two attached hydrogens (primary N) is 1. The predicted molar refractivity (Wildman–Crippen MR) is 82.4 cm³/mol. The van der Waals surface area contributed by atoms with Gasteiger partial charge in [0.15, 0.2) is 0 Å². The Kier molecular flexibility index (Phi) is 3.45. The number of para-hydroxylation sites is 1. The summed E-state index contributed by atoms with van der Waals surface area (Å²) in [6, 6.07) is 9.76. The van der Waals surface area contributed by atoms with E-state index in [4.69, 9.17) is 10.5 Å². The number of carbonyl (C=O) groups excluding carboxylic acids is 1. The van der Waals surface area contributed by atoms with Crippen LogP contribution in [-0.4, -0.2) is 17.6 Å². The molecule has 0 spiro atoms. The Morgan fingerprint density at radius 1 is 1.38 bits per heavy atom. The van der Waals surface area contributed by atoms with Gasteiger partial charge in [0, 0.05) is 17.8 Å². The number of amides is 1. The molecule has 4 nitrogen and oxygen atoms in total. The average molecular weight is 284 g/mol. The van der Waals surface area contributed by atoms with Crippen molar-refractivity contribution in [2.45, 2.75) is 26.3 Å². The van der Waals surface area contributed by atoms with Crippen molar-refractivity contribution in [3.05, 3.63) is 41.6 Å². The molecule has 1 amide bonds. The molecule has 21 heavy (non-hydrogen) atoms. The highest BCUT2D eigenvalue weighted by Gasteiger charge is 2.26. The van der Waals surface area contributed by atoms with E-state index in [2.05, 4.69) is 4.57 Å². The van der Waals surface area contributed by atoms with Gasteiger partial charge in [0.2, 0.25) is 0 Å². The first-order chi connectivity index (χ1) is 10.1. The molecule has 1 aliphatic carbocycles. The first-order valence-electron chi connectivity index (χ1n) is 7.25. The highest BCUT2D eigenvalue weighted by atomic mass is 16.5. The second kappa shape index (κ2) is 5.28. The Balaban J connectivity index is 2.15. The molecule has 2 N–H and O–H groups in total. The Hall–Kier alpha value is -2.23. The maximum atomic E-state index is 11.7. The summed E-state index contributed by atoms with van der Waals surface area (Å²) in [7, 11) is 1.66. The number of rotatable bonds is 5. The SMILES string of the molecule is COc1ccccc1-c1cc(C(N)=O)c(C)n1CC1CC1. The molecule has 1 aromatic carbocycles. The van der Waals surface area contributed by atoms with Crippen molar-refractivity contribution in [2.24, 2.45) is 11.7 Å². The second-order valence-corrected chi connectivity index (χ2v) is 5.65. The van der Waals surface area contributed by atoms with Gasteiger partial charge in [-0.25, -0.2) is 0 Å². The standard InChI is InChI=1S/C17H20N2O2/c1-11-14(17(18)20)9-15(19(11)10-12-7-8-12)13-5-3-4-6-16(13)21-2/h3-6,9,12H,7-8,10H2,1-2H3,(H2,18,20). The number of benzene rings is 1. The van der Waals surface area contributed by atoms with Crippen molar-refractivity contribution in [3.63, 3.8) is 0 Å². The van der Waals surface area contributed by atoms with E-state index >= 15 is 0 Å². The van der Waals surface area contributed by atoms with Gasteiger partial charge in [-0.1, -0.05) is 12.1 Å². The summed E-state index contributed by atoms with van der Waals surface area (Å²) in [5.41, 5.74) is 9.04.